The first-order valence-corrected chi connectivity index (χ1v) is 4.54. The van der Waals surface area contributed by atoms with Crippen LogP contribution in [0, 0.1) is 0 Å². The molecule has 1 aromatic heterocycles. The van der Waals surface area contributed by atoms with Crippen LogP contribution in [0.3, 0.4) is 0 Å². The van der Waals surface area contributed by atoms with Crippen LogP contribution in [-0.2, 0) is 0 Å². The molecule has 2 heterocycles. The maximum atomic E-state index is 5.78. The molecule has 0 unspecified atom stereocenters. The molecule has 0 aliphatic carbocycles. The molecule has 0 saturated carbocycles. The van der Waals surface area contributed by atoms with Gasteiger partial charge in [0, 0.05) is 10.9 Å². The second-order valence-corrected chi connectivity index (χ2v) is 4.18. The first-order valence-electron chi connectivity index (χ1n) is 3.35. The van der Waals surface area contributed by atoms with Crippen molar-refractivity contribution < 1.29 is 0 Å². The highest BCUT2D eigenvalue weighted by atomic mass is 35.5. The Labute approximate surface area is 69.0 Å². The number of thiophene rings is 1. The van der Waals surface area contributed by atoms with Crippen molar-refractivity contribution in [2.75, 3.05) is 6.54 Å². The smallest absolute Gasteiger partial charge is 0.0931 e. The van der Waals surface area contributed by atoms with Gasteiger partial charge in [-0.15, -0.1) is 11.3 Å². The minimum Gasteiger partial charge on any atom is -0.309 e. The second kappa shape index (κ2) is 2.53. The number of halogens is 1. The van der Waals surface area contributed by atoms with Crippen molar-refractivity contribution in [3.63, 3.8) is 0 Å². The third kappa shape index (κ3) is 1.07. The minimum atomic E-state index is 0.595. The van der Waals surface area contributed by atoms with E-state index in [0.717, 1.165) is 10.9 Å². The summed E-state index contributed by atoms with van der Waals surface area (Å²) in [5.41, 5.74) is 0. The van der Waals surface area contributed by atoms with Gasteiger partial charge in [-0.25, -0.2) is 0 Å². The molecule has 0 spiro atoms. The van der Waals surface area contributed by atoms with Crippen LogP contribution in [0.15, 0.2) is 12.1 Å². The normalized spacial score (nSPS) is 24.3. The van der Waals surface area contributed by atoms with E-state index in [0.29, 0.717) is 6.04 Å². The molecule has 54 valence electrons. The number of nitrogens with one attached hydrogen (secondary N) is 1. The van der Waals surface area contributed by atoms with Gasteiger partial charge in [-0.1, -0.05) is 11.6 Å². The van der Waals surface area contributed by atoms with Crippen molar-refractivity contribution in [1.82, 2.24) is 5.32 Å². The van der Waals surface area contributed by atoms with Gasteiger partial charge in [0.05, 0.1) is 4.34 Å². The van der Waals surface area contributed by atoms with Crippen LogP contribution in [0.5, 0.6) is 0 Å². The van der Waals surface area contributed by atoms with Gasteiger partial charge in [0.1, 0.15) is 0 Å². The Morgan fingerprint density at radius 3 is 2.80 bits per heavy atom. The van der Waals surface area contributed by atoms with Gasteiger partial charge in [-0.05, 0) is 25.1 Å². The molecule has 1 aromatic rings. The Morgan fingerprint density at radius 2 is 2.40 bits per heavy atom. The quantitative estimate of drug-likeness (QED) is 0.688. The topological polar surface area (TPSA) is 12.0 Å². The lowest BCUT2D eigenvalue weighted by Crippen LogP contribution is -2.34. The van der Waals surface area contributed by atoms with Crippen LogP contribution in [0.4, 0.5) is 0 Å². The van der Waals surface area contributed by atoms with Crippen molar-refractivity contribution in [2.24, 2.45) is 0 Å². The Hall–Kier alpha value is -0.0500. The molecule has 0 radical (unpaired) electrons. The van der Waals surface area contributed by atoms with E-state index in [1.54, 1.807) is 11.3 Å². The lowest BCUT2D eigenvalue weighted by Gasteiger charge is -2.26. The van der Waals surface area contributed by atoms with Crippen LogP contribution in [-0.4, -0.2) is 6.54 Å². The molecule has 2 rings (SSSR count). The van der Waals surface area contributed by atoms with E-state index >= 15 is 0 Å². The summed E-state index contributed by atoms with van der Waals surface area (Å²) in [6.45, 7) is 1.15. The monoisotopic (exact) mass is 173 g/mol. The molecule has 1 aliphatic rings. The average molecular weight is 174 g/mol. The van der Waals surface area contributed by atoms with E-state index in [9.17, 15) is 0 Å². The molecule has 3 heteroatoms. The van der Waals surface area contributed by atoms with Crippen molar-refractivity contribution in [3.8, 4) is 0 Å². The summed E-state index contributed by atoms with van der Waals surface area (Å²) in [7, 11) is 0. The molecular weight excluding hydrogens is 166 g/mol. The molecule has 1 aliphatic heterocycles. The zero-order valence-corrected chi connectivity index (χ0v) is 7.00. The van der Waals surface area contributed by atoms with Crippen LogP contribution in [0.1, 0.15) is 17.3 Å². The fourth-order valence-electron chi connectivity index (χ4n) is 1.05. The fourth-order valence-corrected chi connectivity index (χ4v) is 2.22. The maximum Gasteiger partial charge on any atom is 0.0931 e. The first kappa shape index (κ1) is 6.65. The summed E-state index contributed by atoms with van der Waals surface area (Å²) < 4.78 is 0.892. The van der Waals surface area contributed by atoms with Gasteiger partial charge in [0.15, 0.2) is 0 Å². The van der Waals surface area contributed by atoms with E-state index in [1.807, 2.05) is 6.07 Å². The first-order chi connectivity index (χ1) is 4.86. The van der Waals surface area contributed by atoms with Gasteiger partial charge in [-0.3, -0.25) is 0 Å². The molecule has 0 amide bonds. The van der Waals surface area contributed by atoms with Crippen molar-refractivity contribution >= 4 is 22.9 Å². The van der Waals surface area contributed by atoms with Gasteiger partial charge in [0.25, 0.3) is 0 Å². The number of hydrogen-bond donors (Lipinski definition) is 1. The summed E-state index contributed by atoms with van der Waals surface area (Å²) in [5.74, 6) is 0. The molecule has 1 nitrogen and oxygen atoms in total. The summed E-state index contributed by atoms with van der Waals surface area (Å²) in [6.07, 6.45) is 1.26. The van der Waals surface area contributed by atoms with Crippen LogP contribution in [0.2, 0.25) is 4.34 Å². The molecule has 0 aromatic carbocycles. The summed E-state index contributed by atoms with van der Waals surface area (Å²) >= 11 is 7.45. The van der Waals surface area contributed by atoms with Crippen molar-refractivity contribution in [2.45, 2.75) is 12.5 Å². The fraction of sp³-hybridized carbons (Fsp3) is 0.429. The van der Waals surface area contributed by atoms with Gasteiger partial charge >= 0.3 is 0 Å². The summed E-state index contributed by atoms with van der Waals surface area (Å²) in [4.78, 5) is 1.37. The molecular formula is C7H8ClNS. The predicted molar refractivity (Wildman–Crippen MR) is 44.7 cm³/mol. The van der Waals surface area contributed by atoms with Gasteiger partial charge in [0.2, 0.25) is 0 Å². The molecule has 0 bridgehead atoms. The third-order valence-electron chi connectivity index (χ3n) is 1.76. The standard InChI is InChI=1S/C7H8ClNS/c8-7-2-1-6(10-7)5-3-4-9-5/h1-2,5,9H,3-4H2/t5-/m0/s1. The molecule has 1 atom stereocenters. The van der Waals surface area contributed by atoms with Crippen molar-refractivity contribution in [3.05, 3.63) is 21.3 Å². The zero-order chi connectivity index (χ0) is 6.97. The van der Waals surface area contributed by atoms with E-state index < -0.39 is 0 Å². The van der Waals surface area contributed by atoms with Crippen LogP contribution in [0.25, 0.3) is 0 Å². The Bertz CT molecular complexity index is 229. The second-order valence-electron chi connectivity index (χ2n) is 2.44. The predicted octanol–water partition coefficient (Wildman–Crippen LogP) is 2.44. The van der Waals surface area contributed by atoms with Gasteiger partial charge < -0.3 is 5.32 Å². The molecule has 1 N–H and O–H groups in total. The lowest BCUT2D eigenvalue weighted by molar-refractivity contribution is 0.389. The molecule has 1 saturated heterocycles. The lowest BCUT2D eigenvalue weighted by atomic mass is 10.1. The highest BCUT2D eigenvalue weighted by molar-refractivity contribution is 7.16. The average Bonchev–Trinajstić information content (AvgIpc) is 2.10. The minimum absolute atomic E-state index is 0.595. The highest BCUT2D eigenvalue weighted by Crippen LogP contribution is 2.31. The number of rotatable bonds is 1. The summed E-state index contributed by atoms with van der Waals surface area (Å²) in [6, 6.07) is 4.66. The zero-order valence-electron chi connectivity index (χ0n) is 5.43. The van der Waals surface area contributed by atoms with E-state index in [-0.39, 0.29) is 0 Å². The summed E-state index contributed by atoms with van der Waals surface area (Å²) in [5, 5.41) is 3.33. The van der Waals surface area contributed by atoms with Crippen LogP contribution < -0.4 is 5.32 Å². The molecule has 1 fully saturated rings. The Kier molecular flexibility index (Phi) is 1.68. The van der Waals surface area contributed by atoms with E-state index in [2.05, 4.69) is 11.4 Å². The SMILES string of the molecule is Clc1ccc([C@@H]2CCN2)s1. The third-order valence-corrected chi connectivity index (χ3v) is 3.11. The highest BCUT2D eigenvalue weighted by Gasteiger charge is 2.19. The Morgan fingerprint density at radius 1 is 1.60 bits per heavy atom. The van der Waals surface area contributed by atoms with Gasteiger partial charge in [-0.2, -0.15) is 0 Å². The van der Waals surface area contributed by atoms with Crippen molar-refractivity contribution in [1.29, 1.82) is 0 Å². The maximum absolute atomic E-state index is 5.78. The van der Waals surface area contributed by atoms with Crippen LogP contribution >= 0.6 is 22.9 Å². The molecule has 10 heavy (non-hydrogen) atoms. The van der Waals surface area contributed by atoms with E-state index in [1.165, 1.54) is 11.3 Å². The number of hydrogen-bond acceptors (Lipinski definition) is 2. The largest absolute Gasteiger partial charge is 0.309 e. The Balaban J connectivity index is 2.17. The van der Waals surface area contributed by atoms with E-state index in [4.69, 9.17) is 11.6 Å².